The first-order valence-corrected chi connectivity index (χ1v) is 9.60. The van der Waals surface area contributed by atoms with Crippen molar-refractivity contribution in [2.45, 2.75) is 26.0 Å². The maximum absolute atomic E-state index is 12.3. The summed E-state index contributed by atoms with van der Waals surface area (Å²) in [5.41, 5.74) is 1.74. The van der Waals surface area contributed by atoms with E-state index in [4.69, 9.17) is 14.0 Å². The fourth-order valence-electron chi connectivity index (χ4n) is 3.19. The summed E-state index contributed by atoms with van der Waals surface area (Å²) in [4.78, 5) is 41.2. The average molecular weight is 421 g/mol. The highest BCUT2D eigenvalue weighted by atomic mass is 16.6. The summed E-state index contributed by atoms with van der Waals surface area (Å²) in [5.74, 6) is 0.165. The lowest BCUT2D eigenvalue weighted by atomic mass is 10.1. The number of benzene rings is 2. The maximum atomic E-state index is 12.3. The van der Waals surface area contributed by atoms with Crippen molar-refractivity contribution in [2.24, 2.45) is 0 Å². The van der Waals surface area contributed by atoms with E-state index in [1.807, 2.05) is 12.1 Å². The molecule has 0 saturated carbocycles. The van der Waals surface area contributed by atoms with Crippen molar-refractivity contribution in [3.63, 3.8) is 0 Å². The zero-order valence-corrected chi connectivity index (χ0v) is 16.7. The normalized spacial score (nSPS) is 13.5. The number of methoxy groups -OCH3 is 1. The average Bonchev–Trinajstić information content (AvgIpc) is 3.40. The second-order valence-electron chi connectivity index (χ2n) is 6.86. The van der Waals surface area contributed by atoms with Crippen LogP contribution in [0.3, 0.4) is 0 Å². The molecule has 0 aliphatic carbocycles. The van der Waals surface area contributed by atoms with E-state index in [1.165, 1.54) is 4.90 Å². The van der Waals surface area contributed by atoms with Crippen LogP contribution in [-0.2, 0) is 27.5 Å². The number of aromatic nitrogens is 2. The van der Waals surface area contributed by atoms with Gasteiger partial charge in [0.1, 0.15) is 5.75 Å². The minimum atomic E-state index is -0.558. The molecule has 2 aromatic carbocycles. The molecular weight excluding hydrogens is 402 g/mol. The minimum absolute atomic E-state index is 0.150. The Balaban J connectivity index is 1.35. The Morgan fingerprint density at radius 1 is 1.06 bits per heavy atom. The molecule has 1 aliphatic heterocycles. The molecule has 1 saturated heterocycles. The van der Waals surface area contributed by atoms with Crippen LogP contribution >= 0.6 is 0 Å². The van der Waals surface area contributed by atoms with Crippen molar-refractivity contribution in [1.29, 1.82) is 0 Å². The summed E-state index contributed by atoms with van der Waals surface area (Å²) < 4.78 is 15.7. The van der Waals surface area contributed by atoms with Crippen LogP contribution < -0.4 is 4.74 Å². The highest BCUT2D eigenvalue weighted by Crippen LogP contribution is 2.27. The van der Waals surface area contributed by atoms with E-state index in [2.05, 4.69) is 10.1 Å². The third-order valence-electron chi connectivity index (χ3n) is 4.83. The second-order valence-corrected chi connectivity index (χ2v) is 6.86. The largest absolute Gasteiger partial charge is 0.496 e. The first kappa shape index (κ1) is 20.3. The van der Waals surface area contributed by atoms with E-state index in [0.717, 1.165) is 5.56 Å². The summed E-state index contributed by atoms with van der Waals surface area (Å²) in [7, 11) is 1.55. The first-order valence-electron chi connectivity index (χ1n) is 9.60. The third-order valence-corrected chi connectivity index (χ3v) is 4.83. The van der Waals surface area contributed by atoms with Crippen molar-refractivity contribution in [3.8, 4) is 17.1 Å². The summed E-state index contributed by atoms with van der Waals surface area (Å²) in [6, 6.07) is 13.8. The standard InChI is InChI=1S/C22H19N3O6/c1-29-17-5-3-2-4-16(17)21-23-18(31-24-21)13-30-22(28)15-8-6-14(7-9-15)12-25-19(26)10-11-20(25)27/h2-9H,10-13H2,1H3. The molecule has 0 unspecified atom stereocenters. The summed E-state index contributed by atoms with van der Waals surface area (Å²) in [5, 5.41) is 3.90. The number of rotatable bonds is 7. The summed E-state index contributed by atoms with van der Waals surface area (Å²) >= 11 is 0. The molecule has 158 valence electrons. The quantitative estimate of drug-likeness (QED) is 0.423. The zero-order chi connectivity index (χ0) is 21.8. The minimum Gasteiger partial charge on any atom is -0.496 e. The maximum Gasteiger partial charge on any atom is 0.338 e. The SMILES string of the molecule is COc1ccccc1-c1noc(COC(=O)c2ccc(CN3C(=O)CCC3=O)cc2)n1. The van der Waals surface area contributed by atoms with Gasteiger partial charge in [-0.15, -0.1) is 0 Å². The van der Waals surface area contributed by atoms with E-state index >= 15 is 0 Å². The first-order chi connectivity index (χ1) is 15.0. The van der Waals surface area contributed by atoms with E-state index in [-0.39, 0.29) is 43.7 Å². The predicted octanol–water partition coefficient (Wildman–Crippen LogP) is 2.75. The number of amides is 2. The lowest BCUT2D eigenvalue weighted by Crippen LogP contribution is -2.28. The molecule has 0 radical (unpaired) electrons. The van der Waals surface area contributed by atoms with Gasteiger partial charge >= 0.3 is 5.97 Å². The number of nitrogens with zero attached hydrogens (tertiary/aromatic N) is 3. The Kier molecular flexibility index (Phi) is 5.74. The van der Waals surface area contributed by atoms with Gasteiger partial charge in [-0.2, -0.15) is 4.98 Å². The van der Waals surface area contributed by atoms with Gasteiger partial charge in [-0.1, -0.05) is 29.4 Å². The number of carbonyl (C=O) groups is 3. The molecular formula is C22H19N3O6. The summed E-state index contributed by atoms with van der Waals surface area (Å²) in [6.07, 6.45) is 0.495. The number of hydrogen-bond donors (Lipinski definition) is 0. The van der Waals surface area contributed by atoms with Gasteiger partial charge in [0.05, 0.1) is 24.8 Å². The van der Waals surface area contributed by atoms with Crippen LogP contribution in [0, 0.1) is 0 Å². The molecule has 1 aromatic heterocycles. The Morgan fingerprint density at radius 2 is 1.77 bits per heavy atom. The van der Waals surface area contributed by atoms with Gasteiger partial charge in [0, 0.05) is 12.8 Å². The molecule has 0 atom stereocenters. The molecule has 1 fully saturated rings. The molecule has 0 bridgehead atoms. The van der Waals surface area contributed by atoms with Gasteiger partial charge in [0.2, 0.25) is 17.6 Å². The Hall–Kier alpha value is -4.01. The summed E-state index contributed by atoms with van der Waals surface area (Å²) in [6.45, 7) is 0.0141. The van der Waals surface area contributed by atoms with Crippen LogP contribution in [0.25, 0.3) is 11.4 Å². The van der Waals surface area contributed by atoms with Crippen molar-refractivity contribution in [2.75, 3.05) is 7.11 Å². The van der Waals surface area contributed by atoms with E-state index in [1.54, 1.807) is 43.5 Å². The highest BCUT2D eigenvalue weighted by Gasteiger charge is 2.28. The molecule has 0 N–H and O–H groups in total. The molecule has 4 rings (SSSR count). The Bertz CT molecular complexity index is 1110. The van der Waals surface area contributed by atoms with Gasteiger partial charge in [-0.05, 0) is 29.8 Å². The number of imide groups is 1. The van der Waals surface area contributed by atoms with Crippen LogP contribution in [0.15, 0.2) is 53.1 Å². The van der Waals surface area contributed by atoms with Crippen molar-refractivity contribution >= 4 is 17.8 Å². The number of para-hydroxylation sites is 1. The number of esters is 1. The molecule has 9 heteroatoms. The van der Waals surface area contributed by atoms with E-state index < -0.39 is 5.97 Å². The van der Waals surface area contributed by atoms with Gasteiger partial charge in [-0.3, -0.25) is 14.5 Å². The number of ether oxygens (including phenoxy) is 2. The number of likely N-dealkylation sites (tertiary alicyclic amines) is 1. The highest BCUT2D eigenvalue weighted by molar-refractivity contribution is 6.01. The smallest absolute Gasteiger partial charge is 0.338 e. The molecule has 0 spiro atoms. The third kappa shape index (κ3) is 4.45. The van der Waals surface area contributed by atoms with Gasteiger partial charge in [-0.25, -0.2) is 4.79 Å². The molecule has 1 aliphatic rings. The molecule has 2 amide bonds. The van der Waals surface area contributed by atoms with Crippen LogP contribution in [0.2, 0.25) is 0 Å². The van der Waals surface area contributed by atoms with Crippen LogP contribution in [-0.4, -0.2) is 39.9 Å². The Labute approximate surface area is 177 Å². The monoisotopic (exact) mass is 421 g/mol. The van der Waals surface area contributed by atoms with Crippen molar-refractivity contribution < 1.29 is 28.4 Å². The molecule has 2 heterocycles. The number of hydrogen-bond acceptors (Lipinski definition) is 8. The van der Waals surface area contributed by atoms with Crippen molar-refractivity contribution in [1.82, 2.24) is 15.0 Å². The second kappa shape index (κ2) is 8.78. The molecule has 3 aromatic rings. The fourth-order valence-corrected chi connectivity index (χ4v) is 3.19. The molecule has 31 heavy (non-hydrogen) atoms. The van der Waals surface area contributed by atoms with Crippen LogP contribution in [0.5, 0.6) is 5.75 Å². The Morgan fingerprint density at radius 3 is 2.48 bits per heavy atom. The van der Waals surface area contributed by atoms with E-state index in [9.17, 15) is 14.4 Å². The van der Waals surface area contributed by atoms with Gasteiger partial charge in [0.15, 0.2) is 6.61 Å². The topological polar surface area (TPSA) is 112 Å². The lowest BCUT2D eigenvalue weighted by Gasteiger charge is -2.13. The number of carbonyl (C=O) groups excluding carboxylic acids is 3. The zero-order valence-electron chi connectivity index (χ0n) is 16.7. The van der Waals surface area contributed by atoms with Crippen LogP contribution in [0.4, 0.5) is 0 Å². The van der Waals surface area contributed by atoms with E-state index in [0.29, 0.717) is 22.7 Å². The predicted molar refractivity (Wildman–Crippen MR) is 107 cm³/mol. The van der Waals surface area contributed by atoms with Gasteiger partial charge < -0.3 is 14.0 Å². The van der Waals surface area contributed by atoms with Gasteiger partial charge in [0.25, 0.3) is 5.89 Å². The van der Waals surface area contributed by atoms with Crippen LogP contribution in [0.1, 0.15) is 34.7 Å². The molecule has 9 nitrogen and oxygen atoms in total. The fraction of sp³-hybridized carbons (Fsp3) is 0.227. The van der Waals surface area contributed by atoms with Crippen molar-refractivity contribution in [3.05, 3.63) is 65.5 Å². The lowest BCUT2D eigenvalue weighted by molar-refractivity contribution is -0.139.